The monoisotopic (exact) mass is 393 g/mol. The van der Waals surface area contributed by atoms with Crippen LogP contribution >= 0.6 is 0 Å². The van der Waals surface area contributed by atoms with Gasteiger partial charge in [0, 0.05) is 18.7 Å². The van der Waals surface area contributed by atoms with Gasteiger partial charge in [0.2, 0.25) is 0 Å². The van der Waals surface area contributed by atoms with Crippen molar-refractivity contribution >= 4 is 22.7 Å². The molecule has 2 aromatic carbocycles. The van der Waals surface area contributed by atoms with Crippen molar-refractivity contribution < 1.29 is 26.9 Å². The summed E-state index contributed by atoms with van der Waals surface area (Å²) in [5.41, 5.74) is 3.65. The van der Waals surface area contributed by atoms with Crippen molar-refractivity contribution in [3.63, 3.8) is 0 Å². The van der Waals surface area contributed by atoms with Gasteiger partial charge in [-0.3, -0.25) is 4.79 Å². The molecule has 3 aromatic rings. The smallest absolute Gasteiger partial charge is 0.380 e. The number of fused-ring (bicyclic) bond motifs is 1. The van der Waals surface area contributed by atoms with Crippen LogP contribution in [0.3, 0.4) is 0 Å². The van der Waals surface area contributed by atoms with E-state index in [1.807, 2.05) is 0 Å². The van der Waals surface area contributed by atoms with Gasteiger partial charge in [-0.05, 0) is 36.6 Å². The molecule has 5 nitrogen and oxygen atoms in total. The SMILES string of the molecule is Nc1noc2ccc(-c3ccc(C(=O)N4CCCC4)c(C(F)(F)F)c3F)cc12. The summed E-state index contributed by atoms with van der Waals surface area (Å²) in [6.45, 7) is 0.728. The van der Waals surface area contributed by atoms with E-state index in [1.165, 1.54) is 29.2 Å². The topological polar surface area (TPSA) is 72.4 Å². The molecule has 1 aromatic heterocycles. The first kappa shape index (κ1) is 18.3. The molecule has 0 unspecified atom stereocenters. The van der Waals surface area contributed by atoms with E-state index >= 15 is 4.39 Å². The molecule has 9 heteroatoms. The molecule has 28 heavy (non-hydrogen) atoms. The predicted molar refractivity (Wildman–Crippen MR) is 94.0 cm³/mol. The number of hydrogen-bond donors (Lipinski definition) is 1. The van der Waals surface area contributed by atoms with Crippen LogP contribution in [-0.2, 0) is 6.18 Å². The van der Waals surface area contributed by atoms with Crippen LogP contribution in [0.15, 0.2) is 34.9 Å². The second kappa shape index (κ2) is 6.50. The Bertz CT molecular complexity index is 1070. The summed E-state index contributed by atoms with van der Waals surface area (Å²) in [6, 6.07) is 6.47. The van der Waals surface area contributed by atoms with Crippen LogP contribution in [0, 0.1) is 5.82 Å². The highest BCUT2D eigenvalue weighted by atomic mass is 19.4. The van der Waals surface area contributed by atoms with Crippen LogP contribution in [0.1, 0.15) is 28.8 Å². The minimum atomic E-state index is -5.02. The lowest BCUT2D eigenvalue weighted by molar-refractivity contribution is -0.140. The molecule has 0 bridgehead atoms. The molecule has 1 aliphatic heterocycles. The summed E-state index contributed by atoms with van der Waals surface area (Å²) < 4.78 is 61.0. The summed E-state index contributed by atoms with van der Waals surface area (Å²) in [4.78, 5) is 13.8. The molecule has 0 atom stereocenters. The first-order chi connectivity index (χ1) is 13.3. The minimum Gasteiger partial charge on any atom is -0.380 e. The van der Waals surface area contributed by atoms with Crippen molar-refractivity contribution in [3.8, 4) is 11.1 Å². The maximum atomic E-state index is 15.0. The number of nitrogens with two attached hydrogens (primary N) is 1. The molecule has 0 spiro atoms. The van der Waals surface area contributed by atoms with Gasteiger partial charge in [-0.2, -0.15) is 13.2 Å². The van der Waals surface area contributed by atoms with Crippen molar-refractivity contribution in [1.29, 1.82) is 0 Å². The van der Waals surface area contributed by atoms with Gasteiger partial charge in [0.15, 0.2) is 11.4 Å². The summed E-state index contributed by atoms with van der Waals surface area (Å²) in [6.07, 6.45) is -3.59. The Labute approximate surface area is 156 Å². The van der Waals surface area contributed by atoms with E-state index in [0.717, 1.165) is 6.07 Å². The van der Waals surface area contributed by atoms with Gasteiger partial charge in [-0.1, -0.05) is 17.3 Å². The lowest BCUT2D eigenvalue weighted by Gasteiger charge is -2.20. The third-order valence-corrected chi connectivity index (χ3v) is 4.86. The predicted octanol–water partition coefficient (Wildman–Crippen LogP) is 4.47. The number of carbonyl (C=O) groups is 1. The zero-order valence-electron chi connectivity index (χ0n) is 14.5. The first-order valence-corrected chi connectivity index (χ1v) is 8.61. The molecule has 0 saturated carbocycles. The zero-order valence-corrected chi connectivity index (χ0v) is 14.5. The fourth-order valence-electron chi connectivity index (χ4n) is 3.47. The number of hydrogen-bond acceptors (Lipinski definition) is 4. The Hall–Kier alpha value is -3.10. The number of rotatable bonds is 2. The Balaban J connectivity index is 1.87. The number of likely N-dealkylation sites (tertiary alicyclic amines) is 1. The third kappa shape index (κ3) is 2.96. The van der Waals surface area contributed by atoms with E-state index in [-0.39, 0.29) is 16.9 Å². The highest BCUT2D eigenvalue weighted by Crippen LogP contribution is 2.39. The number of nitrogens with zero attached hydrogens (tertiary/aromatic N) is 2. The van der Waals surface area contributed by atoms with Crippen LogP contribution in [-0.4, -0.2) is 29.1 Å². The molecule has 4 rings (SSSR count). The van der Waals surface area contributed by atoms with Gasteiger partial charge in [0.05, 0.1) is 10.9 Å². The summed E-state index contributed by atoms with van der Waals surface area (Å²) in [7, 11) is 0. The van der Waals surface area contributed by atoms with Gasteiger partial charge in [0.1, 0.15) is 11.4 Å². The molecule has 1 aliphatic rings. The van der Waals surface area contributed by atoms with Crippen molar-refractivity contribution in [2.45, 2.75) is 19.0 Å². The average Bonchev–Trinajstić information content (AvgIpc) is 3.30. The second-order valence-electron chi connectivity index (χ2n) is 6.63. The van der Waals surface area contributed by atoms with E-state index in [9.17, 15) is 18.0 Å². The molecular formula is C19H15F4N3O2. The fourth-order valence-corrected chi connectivity index (χ4v) is 3.47. The molecule has 2 N–H and O–H groups in total. The number of amides is 1. The van der Waals surface area contributed by atoms with Crippen LogP contribution in [0.4, 0.5) is 23.4 Å². The van der Waals surface area contributed by atoms with E-state index in [0.29, 0.717) is 36.9 Å². The highest BCUT2D eigenvalue weighted by molar-refractivity contribution is 5.97. The zero-order chi connectivity index (χ0) is 20.1. The van der Waals surface area contributed by atoms with Crippen LogP contribution in [0.25, 0.3) is 22.1 Å². The maximum Gasteiger partial charge on any atom is 0.420 e. The van der Waals surface area contributed by atoms with Crippen molar-refractivity contribution in [2.24, 2.45) is 0 Å². The number of aromatic nitrogens is 1. The minimum absolute atomic E-state index is 0.0501. The summed E-state index contributed by atoms with van der Waals surface area (Å²) in [5, 5.41) is 3.93. The number of nitrogen functional groups attached to an aromatic ring is 1. The normalized spacial score (nSPS) is 14.8. The molecule has 1 saturated heterocycles. The van der Waals surface area contributed by atoms with Gasteiger partial charge in [-0.15, -0.1) is 0 Å². The van der Waals surface area contributed by atoms with E-state index in [2.05, 4.69) is 5.16 Å². The first-order valence-electron chi connectivity index (χ1n) is 8.61. The Morgan fingerprint density at radius 2 is 1.86 bits per heavy atom. The van der Waals surface area contributed by atoms with Gasteiger partial charge >= 0.3 is 6.18 Å². The molecule has 146 valence electrons. The number of anilines is 1. The molecule has 0 aliphatic carbocycles. The Morgan fingerprint density at radius 1 is 1.14 bits per heavy atom. The standard InChI is InChI=1S/C19H15F4N3O2/c20-16-11(10-3-6-14-13(9-10)17(24)25-28-14)4-5-12(15(16)19(21,22)23)18(27)26-7-1-2-8-26/h3-6,9H,1-2,7-8H2,(H2,24,25). The molecule has 0 radical (unpaired) electrons. The van der Waals surface area contributed by atoms with Crippen molar-refractivity contribution in [2.75, 3.05) is 18.8 Å². The van der Waals surface area contributed by atoms with E-state index in [4.69, 9.17) is 10.3 Å². The van der Waals surface area contributed by atoms with Crippen LogP contribution in [0.2, 0.25) is 0 Å². The largest absolute Gasteiger partial charge is 0.420 e. The number of halogens is 4. The molecule has 1 fully saturated rings. The quantitative estimate of drug-likeness (QED) is 0.652. The summed E-state index contributed by atoms with van der Waals surface area (Å²) in [5.74, 6) is -2.25. The lowest BCUT2D eigenvalue weighted by Crippen LogP contribution is -2.30. The van der Waals surface area contributed by atoms with Gasteiger partial charge in [-0.25, -0.2) is 4.39 Å². The second-order valence-corrected chi connectivity index (χ2v) is 6.63. The van der Waals surface area contributed by atoms with Gasteiger partial charge in [0.25, 0.3) is 5.91 Å². The molecular weight excluding hydrogens is 378 g/mol. The number of benzene rings is 2. The Kier molecular flexibility index (Phi) is 4.24. The van der Waals surface area contributed by atoms with Crippen molar-refractivity contribution in [3.05, 3.63) is 47.3 Å². The number of alkyl halides is 3. The van der Waals surface area contributed by atoms with Crippen molar-refractivity contribution in [1.82, 2.24) is 10.1 Å². The van der Waals surface area contributed by atoms with E-state index in [1.54, 1.807) is 0 Å². The van der Waals surface area contributed by atoms with Crippen LogP contribution < -0.4 is 5.73 Å². The van der Waals surface area contributed by atoms with E-state index < -0.39 is 29.0 Å². The molecule has 1 amide bonds. The molecule has 2 heterocycles. The fraction of sp³-hybridized carbons (Fsp3) is 0.263. The summed E-state index contributed by atoms with van der Waals surface area (Å²) >= 11 is 0. The Morgan fingerprint density at radius 3 is 2.54 bits per heavy atom. The average molecular weight is 393 g/mol. The number of carbonyl (C=O) groups excluding carboxylic acids is 1. The third-order valence-electron chi connectivity index (χ3n) is 4.86. The van der Waals surface area contributed by atoms with Crippen LogP contribution in [0.5, 0.6) is 0 Å². The lowest BCUT2D eigenvalue weighted by atomic mass is 9.96. The highest BCUT2D eigenvalue weighted by Gasteiger charge is 2.41. The van der Waals surface area contributed by atoms with Gasteiger partial charge < -0.3 is 15.2 Å². The maximum absolute atomic E-state index is 15.0.